The maximum Gasteiger partial charge on any atom is 0.283 e. The zero-order chi connectivity index (χ0) is 23.2. The summed E-state index contributed by atoms with van der Waals surface area (Å²) in [6.45, 7) is 6.44. The minimum absolute atomic E-state index is 0.0120. The smallest absolute Gasteiger partial charge is 0.283 e. The van der Waals surface area contributed by atoms with E-state index in [4.69, 9.17) is 14.9 Å². The van der Waals surface area contributed by atoms with Crippen molar-refractivity contribution in [3.05, 3.63) is 77.9 Å². The van der Waals surface area contributed by atoms with Gasteiger partial charge in [0.2, 0.25) is 5.17 Å². The Labute approximate surface area is 197 Å². The lowest BCUT2D eigenvalue weighted by molar-refractivity contribution is -0.114. The highest BCUT2D eigenvalue weighted by atomic mass is 32.2. The second-order valence-electron chi connectivity index (χ2n) is 7.20. The number of amides is 1. The van der Waals surface area contributed by atoms with E-state index in [2.05, 4.69) is 16.7 Å². The van der Waals surface area contributed by atoms with Crippen LogP contribution in [0.15, 0.2) is 76.9 Å². The van der Waals surface area contributed by atoms with E-state index in [-0.39, 0.29) is 11.4 Å². The van der Waals surface area contributed by atoms with Crippen LogP contribution in [0.5, 0.6) is 11.5 Å². The molecule has 0 aromatic heterocycles. The Morgan fingerprint density at radius 3 is 2.55 bits per heavy atom. The van der Waals surface area contributed by atoms with Crippen molar-refractivity contribution in [2.24, 2.45) is 10.1 Å². The van der Waals surface area contributed by atoms with Gasteiger partial charge in [-0.15, -0.1) is 6.58 Å². The van der Waals surface area contributed by atoms with Crippen LogP contribution >= 0.6 is 11.8 Å². The number of nitrogens with zero attached hydrogens (tertiary/aromatic N) is 3. The molecule has 0 saturated carbocycles. The third-order valence-corrected chi connectivity index (χ3v) is 6.01. The summed E-state index contributed by atoms with van der Waals surface area (Å²) in [6, 6.07) is 15.2. The van der Waals surface area contributed by atoms with Gasteiger partial charge >= 0.3 is 0 Å². The molecule has 0 radical (unpaired) electrons. The van der Waals surface area contributed by atoms with E-state index in [1.807, 2.05) is 61.5 Å². The fourth-order valence-corrected chi connectivity index (χ4v) is 4.16. The number of aliphatic imine (C=N–C) groups is 1. The molecular formula is C25H24N4O3S. The van der Waals surface area contributed by atoms with Gasteiger partial charge in [0.05, 0.1) is 5.57 Å². The number of rotatable bonds is 9. The molecule has 0 fully saturated rings. The van der Waals surface area contributed by atoms with Crippen LogP contribution in [-0.4, -0.2) is 40.2 Å². The number of benzene rings is 2. The maximum absolute atomic E-state index is 12.6. The molecule has 2 aromatic rings. The zero-order valence-corrected chi connectivity index (χ0v) is 19.1. The second-order valence-corrected chi connectivity index (χ2v) is 8.24. The fourth-order valence-electron chi connectivity index (χ4n) is 3.33. The van der Waals surface area contributed by atoms with Gasteiger partial charge in [0, 0.05) is 5.56 Å². The summed E-state index contributed by atoms with van der Waals surface area (Å²) in [5.74, 6) is 0.958. The minimum atomic E-state index is -0.455. The van der Waals surface area contributed by atoms with Crippen molar-refractivity contribution in [3.8, 4) is 11.5 Å². The molecule has 0 spiro atoms. The van der Waals surface area contributed by atoms with Gasteiger partial charge in [-0.2, -0.15) is 15.1 Å². The first-order valence-electron chi connectivity index (χ1n) is 10.6. The summed E-state index contributed by atoms with van der Waals surface area (Å²) < 4.78 is 11.8. The van der Waals surface area contributed by atoms with Crippen molar-refractivity contribution < 1.29 is 14.3 Å². The number of hydrogen-bond acceptors (Lipinski definition) is 6. The molecule has 2 aliphatic heterocycles. The molecule has 33 heavy (non-hydrogen) atoms. The highest BCUT2D eigenvalue weighted by Gasteiger charge is 2.35. The lowest BCUT2D eigenvalue weighted by Crippen LogP contribution is -2.35. The lowest BCUT2D eigenvalue weighted by atomic mass is 10.1. The molecular weight excluding hydrogens is 436 g/mol. The Balaban J connectivity index is 1.46. The standard InChI is InChI=1S/C25H24N4O3S/c1-3-9-17-10-5-7-12-20(17)31-14-15-32-21-13-8-6-11-18(21)16-19-23(26)29-25(27-24(19)30)33-22(4-2)28-29/h3,5-8,10-13,16,26H,1,4,9,14-15H2,2H3/b19-16+,26-23?. The van der Waals surface area contributed by atoms with Crippen LogP contribution in [0.1, 0.15) is 24.5 Å². The highest BCUT2D eigenvalue weighted by Crippen LogP contribution is 2.30. The molecule has 168 valence electrons. The van der Waals surface area contributed by atoms with Crippen LogP contribution in [0.3, 0.4) is 0 Å². The van der Waals surface area contributed by atoms with Crippen molar-refractivity contribution >= 4 is 39.8 Å². The maximum atomic E-state index is 12.6. The molecule has 0 bridgehead atoms. The van der Waals surface area contributed by atoms with Crippen LogP contribution < -0.4 is 9.47 Å². The average Bonchev–Trinajstić information content (AvgIpc) is 3.25. The quantitative estimate of drug-likeness (QED) is 0.327. The first-order chi connectivity index (χ1) is 16.1. The molecule has 0 aliphatic carbocycles. The monoisotopic (exact) mass is 460 g/mol. The van der Waals surface area contributed by atoms with Crippen LogP contribution in [0.2, 0.25) is 0 Å². The van der Waals surface area contributed by atoms with E-state index in [9.17, 15) is 4.79 Å². The van der Waals surface area contributed by atoms with E-state index < -0.39 is 5.91 Å². The lowest BCUT2D eigenvalue weighted by Gasteiger charge is -2.20. The molecule has 1 amide bonds. The number of carbonyl (C=O) groups excluding carboxylic acids is 1. The van der Waals surface area contributed by atoms with E-state index in [1.165, 1.54) is 16.8 Å². The van der Waals surface area contributed by atoms with Crippen LogP contribution in [0.25, 0.3) is 6.08 Å². The third kappa shape index (κ3) is 5.06. The number of amidine groups is 2. The van der Waals surface area contributed by atoms with Gasteiger partial charge in [-0.05, 0) is 48.4 Å². The van der Waals surface area contributed by atoms with Gasteiger partial charge in [-0.25, -0.2) is 0 Å². The van der Waals surface area contributed by atoms with Gasteiger partial charge in [0.25, 0.3) is 5.91 Å². The summed E-state index contributed by atoms with van der Waals surface area (Å²) >= 11 is 1.32. The molecule has 0 saturated heterocycles. The highest BCUT2D eigenvalue weighted by molar-refractivity contribution is 8.26. The van der Waals surface area contributed by atoms with Crippen molar-refractivity contribution in [2.75, 3.05) is 13.2 Å². The Morgan fingerprint density at radius 1 is 1.09 bits per heavy atom. The van der Waals surface area contributed by atoms with E-state index >= 15 is 0 Å². The normalized spacial score (nSPS) is 16.4. The fraction of sp³-hybridized carbons (Fsp3) is 0.200. The first kappa shape index (κ1) is 22.5. The second kappa shape index (κ2) is 10.3. The van der Waals surface area contributed by atoms with Crippen LogP contribution in [-0.2, 0) is 11.2 Å². The molecule has 2 heterocycles. The third-order valence-electron chi connectivity index (χ3n) is 4.95. The topological polar surface area (TPSA) is 87.3 Å². The number of ether oxygens (including phenoxy) is 2. The number of carbonyl (C=O) groups is 1. The Hall–Kier alpha value is -3.65. The van der Waals surface area contributed by atoms with Gasteiger partial charge in [-0.1, -0.05) is 49.4 Å². The summed E-state index contributed by atoms with van der Waals surface area (Å²) in [4.78, 5) is 16.7. The van der Waals surface area contributed by atoms with Crippen molar-refractivity contribution in [1.82, 2.24) is 5.01 Å². The van der Waals surface area contributed by atoms with Crippen molar-refractivity contribution in [3.63, 3.8) is 0 Å². The summed E-state index contributed by atoms with van der Waals surface area (Å²) in [5.41, 5.74) is 1.93. The van der Waals surface area contributed by atoms with Gasteiger partial charge in [-0.3, -0.25) is 10.2 Å². The number of fused-ring (bicyclic) bond motifs is 1. The number of thioether (sulfide) groups is 1. The molecule has 8 heteroatoms. The first-order valence-corrected chi connectivity index (χ1v) is 11.4. The molecule has 7 nitrogen and oxygen atoms in total. The Bertz CT molecular complexity index is 1190. The van der Waals surface area contributed by atoms with Gasteiger partial charge < -0.3 is 9.47 Å². The summed E-state index contributed by atoms with van der Waals surface area (Å²) in [7, 11) is 0. The van der Waals surface area contributed by atoms with Gasteiger partial charge in [0.15, 0.2) is 5.84 Å². The molecule has 2 aliphatic rings. The molecule has 1 N–H and O–H groups in total. The van der Waals surface area contributed by atoms with Crippen LogP contribution in [0, 0.1) is 5.41 Å². The number of hydrazone groups is 1. The van der Waals surface area contributed by atoms with Crippen molar-refractivity contribution in [2.45, 2.75) is 19.8 Å². The van der Waals surface area contributed by atoms with E-state index in [1.54, 1.807) is 6.08 Å². The average molecular weight is 461 g/mol. The predicted octanol–water partition coefficient (Wildman–Crippen LogP) is 4.90. The van der Waals surface area contributed by atoms with Gasteiger partial charge in [0.1, 0.15) is 29.8 Å². The zero-order valence-electron chi connectivity index (χ0n) is 18.3. The largest absolute Gasteiger partial charge is 0.490 e. The number of nitrogens with one attached hydrogen (secondary N) is 1. The SMILES string of the molecule is C=CCc1ccccc1OCCOc1ccccc1/C=C1\C(=N)N2N=C(CC)SC2=NC1=O. The summed E-state index contributed by atoms with van der Waals surface area (Å²) in [5, 5.41) is 15.5. The number of hydrogen-bond donors (Lipinski definition) is 1. The predicted molar refractivity (Wildman–Crippen MR) is 133 cm³/mol. The minimum Gasteiger partial charge on any atom is -0.490 e. The molecule has 0 unspecified atom stereocenters. The van der Waals surface area contributed by atoms with E-state index in [0.29, 0.717) is 29.7 Å². The molecule has 4 rings (SSSR count). The number of para-hydroxylation sites is 2. The Kier molecular flexibility index (Phi) is 7.04. The Morgan fingerprint density at radius 2 is 1.79 bits per heavy atom. The molecule has 2 aromatic carbocycles. The van der Waals surface area contributed by atoms with Crippen LogP contribution in [0.4, 0.5) is 0 Å². The summed E-state index contributed by atoms with van der Waals surface area (Å²) in [6.07, 6.45) is 4.92. The van der Waals surface area contributed by atoms with Crippen molar-refractivity contribution in [1.29, 1.82) is 5.41 Å². The van der Waals surface area contributed by atoms with E-state index in [0.717, 1.165) is 29.2 Å². The number of allylic oxidation sites excluding steroid dienone is 1. The molecule has 0 atom stereocenters.